The summed E-state index contributed by atoms with van der Waals surface area (Å²) < 4.78 is 13.5. The van der Waals surface area contributed by atoms with E-state index in [1.54, 1.807) is 23.3 Å². The van der Waals surface area contributed by atoms with Gasteiger partial charge in [-0.1, -0.05) is 24.3 Å². The number of benzene rings is 2. The summed E-state index contributed by atoms with van der Waals surface area (Å²) in [4.78, 5) is 5.00. The number of halogens is 1. The number of fused-ring (bicyclic) bond motifs is 2. The third-order valence-electron chi connectivity index (χ3n) is 6.90. The molecule has 3 aliphatic rings. The lowest BCUT2D eigenvalue weighted by Gasteiger charge is -2.39. The van der Waals surface area contributed by atoms with Crippen LogP contribution in [-0.2, 0) is 10.5 Å². The van der Waals surface area contributed by atoms with Crippen LogP contribution in [0.1, 0.15) is 30.4 Å². The Bertz CT molecular complexity index is 842. The number of anilines is 1. The summed E-state index contributed by atoms with van der Waals surface area (Å²) >= 11 is 4.39. The summed E-state index contributed by atoms with van der Waals surface area (Å²) in [6, 6.07) is 16.2. The Morgan fingerprint density at radius 2 is 1.67 bits per heavy atom. The third-order valence-corrected chi connectivity index (χ3v) is 10.4. The maximum Gasteiger partial charge on any atom is 0.123 e. The van der Waals surface area contributed by atoms with Crippen molar-refractivity contribution in [1.29, 1.82) is 0 Å². The number of hydrogen-bond donors (Lipinski definition) is 0. The van der Waals surface area contributed by atoms with Crippen molar-refractivity contribution in [3.05, 3.63) is 65.5 Å². The van der Waals surface area contributed by atoms with E-state index in [9.17, 15) is 4.39 Å². The first-order chi connectivity index (χ1) is 14.7. The molecule has 5 rings (SSSR count). The predicted octanol–water partition coefficient (Wildman–Crippen LogP) is 5.62. The average molecular weight is 443 g/mol. The predicted molar refractivity (Wildman–Crippen MR) is 129 cm³/mol. The fraction of sp³-hybridized carbons (Fsp3) is 0.520. The second-order valence-corrected chi connectivity index (χ2v) is 11.9. The van der Waals surface area contributed by atoms with Crippen LogP contribution < -0.4 is 4.90 Å². The van der Waals surface area contributed by atoms with Gasteiger partial charge in [-0.15, -0.1) is 23.5 Å². The van der Waals surface area contributed by atoms with E-state index in [2.05, 4.69) is 57.6 Å². The van der Waals surface area contributed by atoms with Crippen LogP contribution in [0.15, 0.2) is 48.5 Å². The molecule has 2 aliphatic heterocycles. The van der Waals surface area contributed by atoms with Gasteiger partial charge in [0.25, 0.3) is 0 Å². The molecule has 0 saturated carbocycles. The first-order valence-electron chi connectivity index (χ1n) is 11.3. The molecule has 0 amide bonds. The Balaban J connectivity index is 1.11. The molecule has 0 bridgehead atoms. The minimum Gasteiger partial charge on any atom is -0.369 e. The summed E-state index contributed by atoms with van der Waals surface area (Å²) in [7, 11) is 0. The molecule has 2 aromatic carbocycles. The van der Waals surface area contributed by atoms with Gasteiger partial charge >= 0.3 is 0 Å². The molecule has 1 spiro atoms. The number of piperazine rings is 1. The van der Waals surface area contributed by atoms with Gasteiger partial charge in [0.15, 0.2) is 0 Å². The van der Waals surface area contributed by atoms with Crippen LogP contribution in [-0.4, -0.2) is 49.1 Å². The molecule has 1 aliphatic carbocycles. The zero-order chi connectivity index (χ0) is 20.4. The fourth-order valence-corrected chi connectivity index (χ4v) is 8.94. The van der Waals surface area contributed by atoms with Gasteiger partial charge in [0, 0.05) is 43.4 Å². The SMILES string of the molecule is Fc1ccc(N2CCN(CCCC3Cc4ccccc4C4(C3)SCCS4)CC2)cc1. The van der Waals surface area contributed by atoms with E-state index >= 15 is 0 Å². The van der Waals surface area contributed by atoms with Gasteiger partial charge in [-0.05, 0) is 73.5 Å². The Morgan fingerprint density at radius 3 is 2.43 bits per heavy atom. The van der Waals surface area contributed by atoms with E-state index in [4.69, 9.17) is 0 Å². The molecule has 30 heavy (non-hydrogen) atoms. The molecule has 2 heterocycles. The molecule has 1 atom stereocenters. The van der Waals surface area contributed by atoms with E-state index < -0.39 is 0 Å². The lowest BCUT2D eigenvalue weighted by atomic mass is 9.81. The number of rotatable bonds is 5. The average Bonchev–Trinajstić information content (AvgIpc) is 3.24. The highest BCUT2D eigenvalue weighted by Crippen LogP contribution is 2.59. The van der Waals surface area contributed by atoms with Crippen molar-refractivity contribution in [2.45, 2.75) is 29.8 Å². The summed E-state index contributed by atoms with van der Waals surface area (Å²) in [5.74, 6) is 3.26. The van der Waals surface area contributed by atoms with Crippen LogP contribution >= 0.6 is 23.5 Å². The lowest BCUT2D eigenvalue weighted by molar-refractivity contribution is 0.243. The molecule has 2 aromatic rings. The molecule has 0 radical (unpaired) electrons. The van der Waals surface area contributed by atoms with Gasteiger partial charge in [0.1, 0.15) is 5.82 Å². The number of nitrogens with zero attached hydrogens (tertiary/aromatic N) is 2. The third kappa shape index (κ3) is 4.39. The molecular formula is C25H31FN2S2. The van der Waals surface area contributed by atoms with Crippen molar-refractivity contribution in [2.24, 2.45) is 5.92 Å². The highest BCUT2D eigenvalue weighted by molar-refractivity contribution is 8.20. The van der Waals surface area contributed by atoms with Crippen molar-refractivity contribution in [3.8, 4) is 0 Å². The number of thioether (sulfide) groups is 2. The molecular weight excluding hydrogens is 411 g/mol. The standard InChI is InChI=1S/C25H31FN2S2/c26-22-7-9-23(10-8-22)28-14-12-27(13-15-28)11-3-4-20-18-21-5-1-2-6-24(21)25(19-20)29-16-17-30-25/h1-2,5-10,20H,3-4,11-19H2. The van der Waals surface area contributed by atoms with Gasteiger partial charge in [-0.3, -0.25) is 4.90 Å². The number of hydrogen-bond acceptors (Lipinski definition) is 4. The summed E-state index contributed by atoms with van der Waals surface area (Å²) in [6.45, 7) is 5.52. The quantitative estimate of drug-likeness (QED) is 0.592. The Labute approximate surface area is 188 Å². The molecule has 0 N–H and O–H groups in total. The van der Waals surface area contributed by atoms with Crippen LogP contribution in [0.4, 0.5) is 10.1 Å². The molecule has 2 fully saturated rings. The van der Waals surface area contributed by atoms with Crippen molar-refractivity contribution < 1.29 is 4.39 Å². The van der Waals surface area contributed by atoms with Gasteiger partial charge < -0.3 is 4.90 Å². The monoisotopic (exact) mass is 442 g/mol. The van der Waals surface area contributed by atoms with Gasteiger partial charge in [0.2, 0.25) is 0 Å². The first-order valence-corrected chi connectivity index (χ1v) is 13.3. The fourth-order valence-electron chi connectivity index (χ4n) is 5.36. The van der Waals surface area contributed by atoms with E-state index in [0.717, 1.165) is 37.8 Å². The second-order valence-electron chi connectivity index (χ2n) is 8.83. The van der Waals surface area contributed by atoms with Crippen molar-refractivity contribution in [2.75, 3.05) is 49.1 Å². The van der Waals surface area contributed by atoms with E-state index in [1.165, 1.54) is 43.7 Å². The van der Waals surface area contributed by atoms with E-state index in [-0.39, 0.29) is 5.82 Å². The maximum absolute atomic E-state index is 13.2. The Morgan fingerprint density at radius 1 is 0.933 bits per heavy atom. The van der Waals surface area contributed by atoms with Crippen molar-refractivity contribution >= 4 is 29.2 Å². The second kappa shape index (κ2) is 9.13. The zero-order valence-corrected chi connectivity index (χ0v) is 19.2. The van der Waals surface area contributed by atoms with E-state index in [1.807, 2.05) is 12.1 Å². The smallest absolute Gasteiger partial charge is 0.123 e. The largest absolute Gasteiger partial charge is 0.369 e. The van der Waals surface area contributed by atoms with E-state index in [0.29, 0.717) is 4.08 Å². The molecule has 2 saturated heterocycles. The molecule has 5 heteroatoms. The normalized spacial score (nSPS) is 23.6. The van der Waals surface area contributed by atoms with Crippen LogP contribution in [0, 0.1) is 11.7 Å². The van der Waals surface area contributed by atoms with Crippen molar-refractivity contribution in [1.82, 2.24) is 4.90 Å². The van der Waals surface area contributed by atoms with Crippen LogP contribution in [0.2, 0.25) is 0 Å². The molecule has 1 unspecified atom stereocenters. The minimum atomic E-state index is -0.154. The van der Waals surface area contributed by atoms with Crippen LogP contribution in [0.5, 0.6) is 0 Å². The van der Waals surface area contributed by atoms with Crippen molar-refractivity contribution in [3.63, 3.8) is 0 Å². The highest BCUT2D eigenvalue weighted by atomic mass is 32.2. The lowest BCUT2D eigenvalue weighted by Crippen LogP contribution is -2.46. The van der Waals surface area contributed by atoms with Gasteiger partial charge in [0.05, 0.1) is 4.08 Å². The molecule has 160 valence electrons. The zero-order valence-electron chi connectivity index (χ0n) is 17.6. The van der Waals surface area contributed by atoms with Gasteiger partial charge in [-0.2, -0.15) is 0 Å². The molecule has 2 nitrogen and oxygen atoms in total. The Hall–Kier alpha value is -1.17. The van der Waals surface area contributed by atoms with Gasteiger partial charge in [-0.25, -0.2) is 4.39 Å². The topological polar surface area (TPSA) is 6.48 Å². The summed E-state index contributed by atoms with van der Waals surface area (Å²) in [5.41, 5.74) is 4.36. The Kier molecular flexibility index (Phi) is 6.31. The summed E-state index contributed by atoms with van der Waals surface area (Å²) in [6.07, 6.45) is 5.25. The van der Waals surface area contributed by atoms with Crippen LogP contribution in [0.3, 0.4) is 0 Å². The first kappa shape index (κ1) is 20.7. The summed E-state index contributed by atoms with van der Waals surface area (Å²) in [5, 5.41) is 0. The maximum atomic E-state index is 13.2. The van der Waals surface area contributed by atoms with Crippen LogP contribution in [0.25, 0.3) is 0 Å². The molecule has 0 aromatic heterocycles. The minimum absolute atomic E-state index is 0.154. The highest BCUT2D eigenvalue weighted by Gasteiger charge is 2.43.